The van der Waals surface area contributed by atoms with Gasteiger partial charge in [-0.1, -0.05) is 51.3 Å². The molecule has 1 saturated heterocycles. The molecule has 4 amide bonds. The van der Waals surface area contributed by atoms with Crippen LogP contribution in [0.1, 0.15) is 108 Å². The maximum absolute atomic E-state index is 15.0. The number of sulfonamides is 1. The van der Waals surface area contributed by atoms with E-state index in [1.54, 1.807) is 7.11 Å². The van der Waals surface area contributed by atoms with Crippen LogP contribution in [0.15, 0.2) is 30.9 Å². The van der Waals surface area contributed by atoms with Crippen LogP contribution in [0.2, 0.25) is 0 Å². The molecule has 318 valence electrons. The second-order valence-corrected chi connectivity index (χ2v) is 20.2. The van der Waals surface area contributed by atoms with Crippen LogP contribution in [0, 0.1) is 17.3 Å². The summed E-state index contributed by atoms with van der Waals surface area (Å²) in [6.07, 6.45) is 13.9. The fraction of sp³-hybridized carbons (Fsp3) is 0.614. The van der Waals surface area contributed by atoms with Crippen LogP contribution in [0.25, 0.3) is 16.8 Å². The standard InChI is InChI=1S/C44H57N5O9S/c1-5-28-23-44(28,41(52)48-59(54,55)30-17-18-30)47-38(50)35-21-29-24-49(35)40(51)37(26-12-7-6-8-13-26)46-42(53)57-25-43(2,3)19-11-14-27-20-33-32(22-36(27)56-4)31-15-9-10-16-34(31)45-39(33)58-29/h5,11,14,20,22,26,28-30,35,37H,1,6-10,12-13,15-19,21,23-25H2,2-4H3,(H,46,53)(H,47,50)(H,48,52)/t28-,29-,35+,37+,44-/m1/s1. The van der Waals surface area contributed by atoms with Crippen molar-refractivity contribution in [2.45, 2.75) is 133 Å². The summed E-state index contributed by atoms with van der Waals surface area (Å²) in [5.74, 6) is -1.48. The number of hydrogen-bond donors (Lipinski definition) is 3. The molecule has 3 saturated carbocycles. The Morgan fingerprint density at radius 1 is 1.05 bits per heavy atom. The number of cyclic esters (lactones) is 1. The maximum atomic E-state index is 15.0. The third-order valence-corrected chi connectivity index (χ3v) is 15.0. The van der Waals surface area contributed by atoms with E-state index in [1.807, 2.05) is 38.1 Å². The highest BCUT2D eigenvalue weighted by molar-refractivity contribution is 7.91. The number of carbonyl (C=O) groups is 4. The molecule has 0 unspecified atom stereocenters. The first-order chi connectivity index (χ1) is 28.2. The lowest BCUT2D eigenvalue weighted by molar-refractivity contribution is -0.142. The summed E-state index contributed by atoms with van der Waals surface area (Å²) in [7, 11) is -2.26. The van der Waals surface area contributed by atoms with Gasteiger partial charge in [0, 0.05) is 34.4 Å². The number of hydrogen-bond acceptors (Lipinski definition) is 10. The number of pyridine rings is 1. The molecular formula is C44H57N5O9S. The SMILES string of the molecule is C=C[C@@H]1C[C@]1(NC(=O)[C@@H]1C[C@@H]2CN1C(=O)[C@H](C1CCCCC1)NC(=O)OCC(C)(C)CC=Cc1cc3c(nc4c(c3cc1OC)CCCC4)O2)C(=O)NS(=O)(=O)C1CC1. The summed E-state index contributed by atoms with van der Waals surface area (Å²) >= 11 is 0. The van der Waals surface area contributed by atoms with E-state index in [1.165, 1.54) is 11.0 Å². The van der Waals surface area contributed by atoms with Crippen LogP contribution in [-0.4, -0.2) is 91.4 Å². The molecule has 4 aliphatic carbocycles. The van der Waals surface area contributed by atoms with Gasteiger partial charge in [-0.25, -0.2) is 18.2 Å². The molecule has 5 atom stereocenters. The highest BCUT2D eigenvalue weighted by Gasteiger charge is 2.62. The molecule has 6 aliphatic rings. The molecule has 1 aromatic carbocycles. The number of amides is 4. The fourth-order valence-corrected chi connectivity index (χ4v) is 10.8. The third kappa shape index (κ3) is 8.40. The first-order valence-corrected chi connectivity index (χ1v) is 22.9. The van der Waals surface area contributed by atoms with Crippen LogP contribution in [-0.2, 0) is 42.0 Å². The Kier molecular flexibility index (Phi) is 11.2. The quantitative estimate of drug-likeness (QED) is 0.297. The molecule has 2 aliphatic heterocycles. The predicted octanol–water partition coefficient (Wildman–Crippen LogP) is 5.26. The van der Waals surface area contributed by atoms with Gasteiger partial charge in [-0.15, -0.1) is 6.58 Å². The van der Waals surface area contributed by atoms with Crippen molar-refractivity contribution in [3.05, 3.63) is 47.7 Å². The molecular weight excluding hydrogens is 775 g/mol. The zero-order valence-corrected chi connectivity index (χ0v) is 35.2. The lowest BCUT2D eigenvalue weighted by Gasteiger charge is -2.35. The molecule has 8 rings (SSSR count). The van der Waals surface area contributed by atoms with Crippen molar-refractivity contribution in [2.75, 3.05) is 20.3 Å². The zero-order valence-electron chi connectivity index (χ0n) is 34.3. The van der Waals surface area contributed by atoms with Crippen molar-refractivity contribution in [2.24, 2.45) is 17.3 Å². The van der Waals surface area contributed by atoms with E-state index in [-0.39, 0.29) is 31.9 Å². The lowest BCUT2D eigenvalue weighted by Crippen LogP contribution is -2.59. The number of aromatic nitrogens is 1. The third-order valence-electron chi connectivity index (χ3n) is 13.2. The average Bonchev–Trinajstić information content (AvgIpc) is 4.15. The molecule has 3 N–H and O–H groups in total. The number of nitrogens with zero attached hydrogens (tertiary/aromatic N) is 2. The molecule has 59 heavy (non-hydrogen) atoms. The minimum absolute atomic E-state index is 0.00716. The lowest BCUT2D eigenvalue weighted by atomic mass is 9.83. The van der Waals surface area contributed by atoms with Gasteiger partial charge in [-0.05, 0) is 93.2 Å². The molecule has 2 aromatic rings. The molecule has 3 heterocycles. The Morgan fingerprint density at radius 2 is 1.81 bits per heavy atom. The summed E-state index contributed by atoms with van der Waals surface area (Å²) in [4.78, 5) is 63.4. The first-order valence-electron chi connectivity index (χ1n) is 21.3. The molecule has 14 nitrogen and oxygen atoms in total. The minimum atomic E-state index is -3.90. The van der Waals surface area contributed by atoms with Gasteiger partial charge in [0.05, 0.1) is 25.5 Å². The van der Waals surface area contributed by atoms with Crippen molar-refractivity contribution < 1.29 is 41.8 Å². The number of methoxy groups -OCH3 is 1. The Hall–Kier alpha value is -4.66. The van der Waals surface area contributed by atoms with Crippen LogP contribution >= 0.6 is 0 Å². The summed E-state index contributed by atoms with van der Waals surface area (Å²) in [6, 6.07) is 1.97. The molecule has 4 fully saturated rings. The number of nitrogens with one attached hydrogen (secondary N) is 3. The van der Waals surface area contributed by atoms with E-state index >= 15 is 0 Å². The van der Waals surface area contributed by atoms with E-state index in [0.29, 0.717) is 43.7 Å². The number of ether oxygens (including phenoxy) is 3. The van der Waals surface area contributed by atoms with Crippen molar-refractivity contribution in [1.29, 1.82) is 0 Å². The van der Waals surface area contributed by atoms with Crippen molar-refractivity contribution >= 4 is 50.7 Å². The van der Waals surface area contributed by atoms with Crippen LogP contribution in [0.4, 0.5) is 4.79 Å². The van der Waals surface area contributed by atoms with E-state index in [9.17, 15) is 27.6 Å². The molecule has 15 heteroatoms. The van der Waals surface area contributed by atoms with Gasteiger partial charge >= 0.3 is 6.09 Å². The van der Waals surface area contributed by atoms with Gasteiger partial charge < -0.3 is 29.7 Å². The Morgan fingerprint density at radius 3 is 2.53 bits per heavy atom. The second kappa shape index (κ2) is 16.1. The largest absolute Gasteiger partial charge is 0.496 e. The Labute approximate surface area is 346 Å². The van der Waals surface area contributed by atoms with Crippen LogP contribution < -0.4 is 24.8 Å². The smallest absolute Gasteiger partial charge is 0.407 e. The number of alkyl carbamates (subject to hydrolysis) is 1. The normalized spacial score (nSPS) is 28.6. The topological polar surface area (TPSA) is 182 Å². The van der Waals surface area contributed by atoms with Gasteiger partial charge in [-0.2, -0.15) is 0 Å². The monoisotopic (exact) mass is 831 g/mol. The van der Waals surface area contributed by atoms with Gasteiger partial charge in [-0.3, -0.25) is 19.1 Å². The molecule has 4 bridgehead atoms. The average molecular weight is 832 g/mol. The summed E-state index contributed by atoms with van der Waals surface area (Å²) in [5.41, 5.74) is 0.944. The highest BCUT2D eigenvalue weighted by Crippen LogP contribution is 2.46. The van der Waals surface area contributed by atoms with E-state index < -0.39 is 74.1 Å². The van der Waals surface area contributed by atoms with Gasteiger partial charge in [0.15, 0.2) is 0 Å². The number of carbonyl (C=O) groups excluding carboxylic acids is 4. The first kappa shape index (κ1) is 41.1. The summed E-state index contributed by atoms with van der Waals surface area (Å²) < 4.78 is 46.4. The fourth-order valence-electron chi connectivity index (χ4n) is 9.48. The highest BCUT2D eigenvalue weighted by atomic mass is 32.2. The molecule has 0 radical (unpaired) electrons. The van der Waals surface area contributed by atoms with Crippen LogP contribution in [0.5, 0.6) is 11.6 Å². The van der Waals surface area contributed by atoms with Gasteiger partial charge in [0.2, 0.25) is 27.7 Å². The number of aryl methyl sites for hydroxylation is 2. The molecule has 1 aromatic heterocycles. The zero-order chi connectivity index (χ0) is 41.7. The Balaban J connectivity index is 1.18. The number of benzene rings is 1. The maximum Gasteiger partial charge on any atom is 0.407 e. The predicted molar refractivity (Wildman–Crippen MR) is 221 cm³/mol. The number of rotatable bonds is 8. The van der Waals surface area contributed by atoms with Crippen LogP contribution in [0.3, 0.4) is 0 Å². The Bertz CT molecular complexity index is 2180. The van der Waals surface area contributed by atoms with E-state index in [0.717, 1.165) is 72.5 Å². The van der Waals surface area contributed by atoms with Crippen molar-refractivity contribution in [3.63, 3.8) is 0 Å². The van der Waals surface area contributed by atoms with E-state index in [2.05, 4.69) is 21.9 Å². The van der Waals surface area contributed by atoms with Crippen molar-refractivity contribution in [3.8, 4) is 11.6 Å². The van der Waals surface area contributed by atoms with Gasteiger partial charge in [0.1, 0.15) is 29.5 Å². The minimum Gasteiger partial charge on any atom is -0.496 e. The van der Waals surface area contributed by atoms with Gasteiger partial charge in [0.25, 0.3) is 5.91 Å². The van der Waals surface area contributed by atoms with Crippen molar-refractivity contribution in [1.82, 2.24) is 25.2 Å². The second-order valence-electron chi connectivity index (χ2n) is 18.2. The summed E-state index contributed by atoms with van der Waals surface area (Å²) in [6.45, 7) is 7.94. The molecule has 0 spiro atoms. The number of fused-ring (bicyclic) bond motifs is 5. The van der Waals surface area contributed by atoms with E-state index in [4.69, 9.17) is 19.2 Å². The summed E-state index contributed by atoms with van der Waals surface area (Å²) in [5, 5.41) is 6.94. The number of allylic oxidation sites excluding steroid dienone is 1.